The van der Waals surface area contributed by atoms with Gasteiger partial charge in [0.1, 0.15) is 5.82 Å². The van der Waals surface area contributed by atoms with Crippen molar-refractivity contribution in [3.8, 4) is 0 Å². The highest BCUT2D eigenvalue weighted by Crippen LogP contribution is 2.30. The number of nitrogens with zero attached hydrogens (tertiary/aromatic N) is 1. The molecule has 0 aliphatic heterocycles. The van der Waals surface area contributed by atoms with Crippen molar-refractivity contribution in [3.05, 3.63) is 35.3 Å². The summed E-state index contributed by atoms with van der Waals surface area (Å²) in [7, 11) is 1.81. The van der Waals surface area contributed by atoms with Crippen LogP contribution in [0.4, 0.5) is 10.1 Å². The van der Waals surface area contributed by atoms with Gasteiger partial charge in [-0.15, -0.1) is 0 Å². The van der Waals surface area contributed by atoms with Gasteiger partial charge >= 0.3 is 0 Å². The summed E-state index contributed by atoms with van der Waals surface area (Å²) in [5, 5.41) is 3.63. The first-order valence-electron chi connectivity index (χ1n) is 5.82. The standard InChI is InChI=1S/C14H17FN2/c1-8(2)11-7-12(16-4)13-10(15)6-5-9(3)14(13)17-11/h5-8H,1-4H3,(H,16,17). The molecule has 0 bridgehead atoms. The summed E-state index contributed by atoms with van der Waals surface area (Å²) in [4.78, 5) is 4.56. The van der Waals surface area contributed by atoms with E-state index in [0.717, 1.165) is 22.5 Å². The minimum Gasteiger partial charge on any atom is -0.387 e. The Morgan fingerprint density at radius 3 is 2.59 bits per heavy atom. The zero-order valence-corrected chi connectivity index (χ0v) is 10.6. The molecule has 90 valence electrons. The highest BCUT2D eigenvalue weighted by atomic mass is 19.1. The topological polar surface area (TPSA) is 24.9 Å². The van der Waals surface area contributed by atoms with E-state index in [2.05, 4.69) is 24.1 Å². The predicted octanol–water partition coefficient (Wildman–Crippen LogP) is 3.85. The zero-order valence-electron chi connectivity index (χ0n) is 10.6. The summed E-state index contributed by atoms with van der Waals surface area (Å²) in [6.07, 6.45) is 0. The minimum atomic E-state index is -0.224. The van der Waals surface area contributed by atoms with Crippen LogP contribution in [0, 0.1) is 12.7 Å². The zero-order chi connectivity index (χ0) is 12.6. The fourth-order valence-corrected chi connectivity index (χ4v) is 1.95. The smallest absolute Gasteiger partial charge is 0.134 e. The molecule has 1 aromatic heterocycles. The summed E-state index contributed by atoms with van der Waals surface area (Å²) in [6.45, 7) is 6.13. The summed E-state index contributed by atoms with van der Waals surface area (Å²) >= 11 is 0. The van der Waals surface area contributed by atoms with Crippen molar-refractivity contribution in [2.24, 2.45) is 0 Å². The number of halogens is 1. The minimum absolute atomic E-state index is 0.224. The molecule has 0 amide bonds. The maximum atomic E-state index is 13.9. The summed E-state index contributed by atoms with van der Waals surface area (Å²) in [5.41, 5.74) is 3.54. The van der Waals surface area contributed by atoms with Gasteiger partial charge < -0.3 is 5.32 Å². The van der Waals surface area contributed by atoms with E-state index in [4.69, 9.17) is 0 Å². The second-order valence-corrected chi connectivity index (χ2v) is 4.59. The summed E-state index contributed by atoms with van der Waals surface area (Å²) in [6, 6.07) is 5.19. The van der Waals surface area contributed by atoms with Gasteiger partial charge in [0.05, 0.1) is 10.9 Å². The van der Waals surface area contributed by atoms with Crippen LogP contribution in [0.3, 0.4) is 0 Å². The lowest BCUT2D eigenvalue weighted by Gasteiger charge is -2.13. The summed E-state index contributed by atoms with van der Waals surface area (Å²) < 4.78 is 13.9. The van der Waals surface area contributed by atoms with Crippen LogP contribution in [0.25, 0.3) is 10.9 Å². The van der Waals surface area contributed by atoms with Crippen LogP contribution in [0.5, 0.6) is 0 Å². The third-order valence-corrected chi connectivity index (χ3v) is 2.99. The quantitative estimate of drug-likeness (QED) is 0.850. The van der Waals surface area contributed by atoms with Crippen LogP contribution < -0.4 is 5.32 Å². The molecule has 0 fully saturated rings. The Labute approximate surface area is 101 Å². The van der Waals surface area contributed by atoms with Crippen LogP contribution in [0.2, 0.25) is 0 Å². The summed E-state index contributed by atoms with van der Waals surface area (Å²) in [5.74, 6) is 0.104. The molecule has 17 heavy (non-hydrogen) atoms. The van der Waals surface area contributed by atoms with Gasteiger partial charge in [0, 0.05) is 18.4 Å². The Balaban J connectivity index is 2.87. The largest absolute Gasteiger partial charge is 0.387 e. The monoisotopic (exact) mass is 232 g/mol. The van der Waals surface area contributed by atoms with E-state index in [1.807, 2.05) is 13.0 Å². The SMILES string of the molecule is CNc1cc(C(C)C)nc2c(C)ccc(F)c12. The lowest BCUT2D eigenvalue weighted by Crippen LogP contribution is -2.00. The Hall–Kier alpha value is -1.64. The molecular formula is C14H17FN2. The van der Waals surface area contributed by atoms with Gasteiger partial charge in [-0.1, -0.05) is 19.9 Å². The number of anilines is 1. The van der Waals surface area contributed by atoms with Gasteiger partial charge in [-0.3, -0.25) is 4.98 Å². The average molecular weight is 232 g/mol. The first-order valence-corrected chi connectivity index (χ1v) is 5.82. The predicted molar refractivity (Wildman–Crippen MR) is 70.1 cm³/mol. The van der Waals surface area contributed by atoms with Gasteiger partial charge in [-0.05, 0) is 30.5 Å². The number of aryl methyl sites for hydroxylation is 1. The van der Waals surface area contributed by atoms with Gasteiger partial charge in [0.25, 0.3) is 0 Å². The van der Waals surface area contributed by atoms with Crippen LogP contribution in [-0.4, -0.2) is 12.0 Å². The van der Waals surface area contributed by atoms with E-state index >= 15 is 0 Å². The molecule has 1 heterocycles. The lowest BCUT2D eigenvalue weighted by atomic mass is 10.0. The third-order valence-electron chi connectivity index (χ3n) is 2.99. The second kappa shape index (κ2) is 4.32. The van der Waals surface area contributed by atoms with Crippen molar-refractivity contribution >= 4 is 16.6 Å². The van der Waals surface area contributed by atoms with E-state index in [1.54, 1.807) is 13.1 Å². The van der Waals surface area contributed by atoms with Crippen LogP contribution in [0.1, 0.15) is 31.0 Å². The highest BCUT2D eigenvalue weighted by molar-refractivity contribution is 5.93. The molecule has 0 unspecified atom stereocenters. The number of hydrogen-bond acceptors (Lipinski definition) is 2. The van der Waals surface area contributed by atoms with Crippen LogP contribution in [0.15, 0.2) is 18.2 Å². The van der Waals surface area contributed by atoms with Crippen LogP contribution >= 0.6 is 0 Å². The molecule has 3 heteroatoms. The Kier molecular flexibility index (Phi) is 3.01. The van der Waals surface area contributed by atoms with Crippen LogP contribution in [-0.2, 0) is 0 Å². The molecule has 0 aliphatic rings. The van der Waals surface area contributed by atoms with E-state index in [9.17, 15) is 4.39 Å². The van der Waals surface area contributed by atoms with E-state index in [1.165, 1.54) is 6.07 Å². The van der Waals surface area contributed by atoms with Crippen molar-refractivity contribution < 1.29 is 4.39 Å². The van der Waals surface area contributed by atoms with E-state index < -0.39 is 0 Å². The van der Waals surface area contributed by atoms with Crippen molar-refractivity contribution in [1.29, 1.82) is 0 Å². The molecule has 1 N–H and O–H groups in total. The van der Waals surface area contributed by atoms with Gasteiger partial charge in [0.15, 0.2) is 0 Å². The van der Waals surface area contributed by atoms with E-state index in [-0.39, 0.29) is 5.82 Å². The van der Waals surface area contributed by atoms with Crippen molar-refractivity contribution in [1.82, 2.24) is 4.98 Å². The molecule has 0 saturated heterocycles. The van der Waals surface area contributed by atoms with Crippen molar-refractivity contribution in [2.75, 3.05) is 12.4 Å². The number of nitrogens with one attached hydrogen (secondary N) is 1. The Morgan fingerprint density at radius 2 is 2.00 bits per heavy atom. The molecule has 0 saturated carbocycles. The first-order chi connectivity index (χ1) is 8.04. The number of rotatable bonds is 2. The molecule has 2 rings (SSSR count). The van der Waals surface area contributed by atoms with Gasteiger partial charge in [-0.25, -0.2) is 4.39 Å². The molecular weight excluding hydrogens is 215 g/mol. The number of fused-ring (bicyclic) bond motifs is 1. The second-order valence-electron chi connectivity index (χ2n) is 4.59. The fourth-order valence-electron chi connectivity index (χ4n) is 1.95. The molecule has 0 radical (unpaired) electrons. The molecule has 0 aliphatic carbocycles. The Bertz CT molecular complexity index is 562. The third kappa shape index (κ3) is 1.97. The molecule has 2 aromatic rings. The molecule has 0 atom stereocenters. The number of aromatic nitrogens is 1. The number of hydrogen-bond donors (Lipinski definition) is 1. The van der Waals surface area contributed by atoms with Crippen molar-refractivity contribution in [3.63, 3.8) is 0 Å². The maximum Gasteiger partial charge on any atom is 0.134 e. The van der Waals surface area contributed by atoms with Gasteiger partial charge in [-0.2, -0.15) is 0 Å². The lowest BCUT2D eigenvalue weighted by molar-refractivity contribution is 0.639. The first kappa shape index (κ1) is 11.8. The average Bonchev–Trinajstić information content (AvgIpc) is 2.32. The fraction of sp³-hybridized carbons (Fsp3) is 0.357. The highest BCUT2D eigenvalue weighted by Gasteiger charge is 2.12. The molecule has 1 aromatic carbocycles. The van der Waals surface area contributed by atoms with Crippen molar-refractivity contribution in [2.45, 2.75) is 26.7 Å². The normalized spacial score (nSPS) is 11.2. The maximum absolute atomic E-state index is 13.9. The number of benzene rings is 1. The molecule has 0 spiro atoms. The van der Waals surface area contributed by atoms with Gasteiger partial charge in [0.2, 0.25) is 0 Å². The number of pyridine rings is 1. The van der Waals surface area contributed by atoms with E-state index in [0.29, 0.717) is 11.3 Å². The Morgan fingerprint density at radius 1 is 1.29 bits per heavy atom. The molecule has 2 nitrogen and oxygen atoms in total.